The highest BCUT2D eigenvalue weighted by Gasteiger charge is 2.14. The van der Waals surface area contributed by atoms with Crippen molar-refractivity contribution >= 4 is 42.9 Å². The fraction of sp³-hybridized carbons (Fsp3) is 0.769. The Hall–Kier alpha value is -0.420. The van der Waals surface area contributed by atoms with Crippen LogP contribution >= 0.6 is 31.9 Å². The van der Waals surface area contributed by atoms with E-state index in [-0.39, 0.29) is 0 Å². The number of unbranched alkanes of at least 4 members (excludes halogenated alkanes) is 12. The quantitative estimate of drug-likeness (QED) is 0.171. The summed E-state index contributed by atoms with van der Waals surface area (Å²) in [5.41, 5.74) is 1.92. The number of hydrogen-bond acceptors (Lipinski definition) is 2. The van der Waals surface area contributed by atoms with Crippen molar-refractivity contribution in [1.82, 2.24) is 15.0 Å². The molecule has 1 atom stereocenters. The molecule has 0 radical (unpaired) electrons. The van der Waals surface area contributed by atoms with Gasteiger partial charge in [0.25, 0.3) is 0 Å². The Labute approximate surface area is 207 Å². The summed E-state index contributed by atoms with van der Waals surface area (Å²) < 4.78 is 2.04. The van der Waals surface area contributed by atoms with E-state index in [1.165, 1.54) is 103 Å². The Morgan fingerprint density at radius 3 is 1.45 bits per heavy atom. The molecule has 2 aromatic rings. The molecule has 1 aromatic heterocycles. The average Bonchev–Trinajstić information content (AvgIpc) is 3.20. The molecule has 0 aliphatic carbocycles. The second-order valence-corrected chi connectivity index (χ2v) is 10.9. The Bertz CT molecular complexity index is 690. The summed E-state index contributed by atoms with van der Waals surface area (Å²) in [6.45, 7) is 5.52. The summed E-state index contributed by atoms with van der Waals surface area (Å²) in [6.07, 6.45) is 22.0. The number of aromatic nitrogens is 3. The van der Waals surface area contributed by atoms with Crippen LogP contribution < -0.4 is 0 Å². The lowest BCUT2D eigenvalue weighted by Crippen LogP contribution is -2.13. The fourth-order valence-electron chi connectivity index (χ4n) is 4.39. The molecule has 0 bridgehead atoms. The summed E-state index contributed by atoms with van der Waals surface area (Å²) >= 11 is 7.25. The molecule has 0 saturated carbocycles. The minimum atomic E-state index is 0.686. The van der Waals surface area contributed by atoms with Gasteiger partial charge in [-0.05, 0) is 62.8 Å². The molecule has 0 saturated heterocycles. The Morgan fingerprint density at radius 2 is 1.03 bits per heavy atom. The van der Waals surface area contributed by atoms with Crippen molar-refractivity contribution in [3.05, 3.63) is 21.1 Å². The second kappa shape index (κ2) is 16.2. The van der Waals surface area contributed by atoms with Gasteiger partial charge in [-0.25, -0.2) is 0 Å². The molecule has 0 amide bonds. The third-order valence-electron chi connectivity index (χ3n) is 6.34. The predicted molar refractivity (Wildman–Crippen MR) is 142 cm³/mol. The summed E-state index contributed by atoms with van der Waals surface area (Å²) in [6, 6.07) is 4.08. The third kappa shape index (κ3) is 10.4. The normalized spacial score (nSPS) is 12.6. The van der Waals surface area contributed by atoms with Crippen molar-refractivity contribution in [2.75, 3.05) is 0 Å². The van der Waals surface area contributed by atoms with E-state index in [4.69, 9.17) is 10.2 Å². The fourth-order valence-corrected chi connectivity index (χ4v) is 5.19. The van der Waals surface area contributed by atoms with Gasteiger partial charge in [-0.2, -0.15) is 15.0 Å². The lowest BCUT2D eigenvalue weighted by molar-refractivity contribution is 0.326. The molecule has 0 fully saturated rings. The maximum atomic E-state index is 4.80. The molecular weight excluding hydrogens is 514 g/mol. The zero-order valence-corrected chi connectivity index (χ0v) is 23.0. The highest BCUT2D eigenvalue weighted by molar-refractivity contribution is 9.11. The highest BCUT2D eigenvalue weighted by atomic mass is 79.9. The van der Waals surface area contributed by atoms with Gasteiger partial charge in [-0.15, -0.1) is 0 Å². The number of nitrogens with zero attached hydrogens (tertiary/aromatic N) is 3. The maximum Gasteiger partial charge on any atom is 0.128 e. The molecule has 1 unspecified atom stereocenters. The summed E-state index contributed by atoms with van der Waals surface area (Å²) in [5.74, 6) is 0.686. The van der Waals surface area contributed by atoms with Crippen LogP contribution in [0.5, 0.6) is 0 Å². The van der Waals surface area contributed by atoms with Gasteiger partial charge in [-0.1, -0.05) is 104 Å². The maximum absolute atomic E-state index is 4.80. The van der Waals surface area contributed by atoms with Crippen LogP contribution in [0.15, 0.2) is 21.1 Å². The van der Waals surface area contributed by atoms with Crippen LogP contribution in [0.25, 0.3) is 11.0 Å². The molecule has 0 aliphatic heterocycles. The van der Waals surface area contributed by atoms with Crippen LogP contribution in [0, 0.1) is 5.92 Å². The average molecular weight is 557 g/mol. The number of halogens is 2. The van der Waals surface area contributed by atoms with Gasteiger partial charge in [0.05, 0.1) is 6.54 Å². The zero-order valence-electron chi connectivity index (χ0n) is 19.9. The number of fused-ring (bicyclic) bond motifs is 1. The first-order valence-electron chi connectivity index (χ1n) is 12.8. The Kier molecular flexibility index (Phi) is 14.0. The van der Waals surface area contributed by atoms with Crippen molar-refractivity contribution < 1.29 is 0 Å². The highest BCUT2D eigenvalue weighted by Crippen LogP contribution is 2.28. The van der Waals surface area contributed by atoms with Gasteiger partial charge >= 0.3 is 0 Å². The number of benzene rings is 1. The van der Waals surface area contributed by atoms with E-state index in [0.29, 0.717) is 5.92 Å². The van der Waals surface area contributed by atoms with Gasteiger partial charge in [0, 0.05) is 8.95 Å². The Balaban J connectivity index is 1.83. The predicted octanol–water partition coefficient (Wildman–Crippen LogP) is 9.85. The van der Waals surface area contributed by atoms with Gasteiger partial charge in [0.15, 0.2) is 0 Å². The van der Waals surface area contributed by atoms with E-state index in [1.54, 1.807) is 0 Å². The molecule has 2 rings (SSSR count). The minimum absolute atomic E-state index is 0.686. The van der Waals surface area contributed by atoms with E-state index in [9.17, 15) is 0 Å². The van der Waals surface area contributed by atoms with Crippen LogP contribution in [-0.4, -0.2) is 15.0 Å². The van der Waals surface area contributed by atoms with Crippen LogP contribution in [-0.2, 0) is 6.54 Å². The van der Waals surface area contributed by atoms with Gasteiger partial charge in [-0.3, -0.25) is 0 Å². The molecule has 5 heteroatoms. The largest absolute Gasteiger partial charge is 0.183 e. The first-order chi connectivity index (χ1) is 15.2. The van der Waals surface area contributed by atoms with Crippen LogP contribution in [0.4, 0.5) is 0 Å². The molecule has 0 aliphatic rings. The molecule has 0 N–H and O–H groups in total. The van der Waals surface area contributed by atoms with E-state index < -0.39 is 0 Å². The summed E-state index contributed by atoms with van der Waals surface area (Å²) in [5, 5.41) is 9.59. The third-order valence-corrected chi connectivity index (χ3v) is 7.62. The number of rotatable bonds is 18. The van der Waals surface area contributed by atoms with Crippen molar-refractivity contribution in [3.8, 4) is 0 Å². The van der Waals surface area contributed by atoms with Gasteiger partial charge < -0.3 is 0 Å². The van der Waals surface area contributed by atoms with Crippen LogP contribution in [0.3, 0.4) is 0 Å². The smallest absolute Gasteiger partial charge is 0.128 e. The van der Waals surface area contributed by atoms with Gasteiger partial charge in [0.2, 0.25) is 0 Å². The zero-order chi connectivity index (χ0) is 22.3. The molecule has 176 valence electrons. The lowest BCUT2D eigenvalue weighted by Gasteiger charge is -2.16. The van der Waals surface area contributed by atoms with Crippen molar-refractivity contribution in [2.24, 2.45) is 5.92 Å². The SMILES string of the molecule is CCCCCCCCCCC(CCCCCCCC)Cn1nc2c(Br)ccc(Br)c2n1. The van der Waals surface area contributed by atoms with Crippen molar-refractivity contribution in [2.45, 2.75) is 123 Å². The molecule has 1 aromatic carbocycles. The van der Waals surface area contributed by atoms with Gasteiger partial charge in [0.1, 0.15) is 11.0 Å². The standard InChI is InChI=1S/C26H43Br2N3/c1-3-5-7-9-11-12-14-16-18-22(17-15-13-10-8-6-4-2)21-31-29-25-23(27)19-20-24(28)26(25)30-31/h19-20,22H,3-18,21H2,1-2H3. The lowest BCUT2D eigenvalue weighted by atomic mass is 9.94. The summed E-state index contributed by atoms with van der Waals surface area (Å²) in [4.78, 5) is 1.95. The van der Waals surface area contributed by atoms with E-state index in [0.717, 1.165) is 26.5 Å². The summed E-state index contributed by atoms with van der Waals surface area (Å²) in [7, 11) is 0. The number of hydrogen-bond donors (Lipinski definition) is 0. The first kappa shape index (κ1) is 26.8. The van der Waals surface area contributed by atoms with Crippen LogP contribution in [0.2, 0.25) is 0 Å². The molecule has 3 nitrogen and oxygen atoms in total. The van der Waals surface area contributed by atoms with Crippen molar-refractivity contribution in [3.63, 3.8) is 0 Å². The van der Waals surface area contributed by atoms with Crippen LogP contribution in [0.1, 0.15) is 117 Å². The first-order valence-corrected chi connectivity index (χ1v) is 14.4. The molecule has 31 heavy (non-hydrogen) atoms. The van der Waals surface area contributed by atoms with E-state index in [1.807, 2.05) is 16.9 Å². The van der Waals surface area contributed by atoms with E-state index in [2.05, 4.69) is 45.7 Å². The topological polar surface area (TPSA) is 30.7 Å². The van der Waals surface area contributed by atoms with E-state index >= 15 is 0 Å². The van der Waals surface area contributed by atoms with Crippen molar-refractivity contribution in [1.29, 1.82) is 0 Å². The molecule has 1 heterocycles. The monoisotopic (exact) mass is 555 g/mol. The molecular formula is C26H43Br2N3. The minimum Gasteiger partial charge on any atom is -0.183 e. The second-order valence-electron chi connectivity index (χ2n) is 9.17. The Morgan fingerprint density at radius 1 is 0.645 bits per heavy atom. The molecule has 0 spiro atoms.